The van der Waals surface area contributed by atoms with E-state index in [2.05, 4.69) is 61.7 Å². The van der Waals surface area contributed by atoms with E-state index < -0.39 is 124 Å². The molecule has 19 nitrogen and oxygen atoms in total. The summed E-state index contributed by atoms with van der Waals surface area (Å²) in [6.45, 7) is 1.63. The molecule has 0 aromatic rings. The Labute approximate surface area is 541 Å². The van der Waals surface area contributed by atoms with Crippen LogP contribution in [0.2, 0.25) is 0 Å². The number of ether oxygens (including phenoxy) is 6. The van der Waals surface area contributed by atoms with E-state index in [1.807, 2.05) is 12.2 Å². The summed E-state index contributed by atoms with van der Waals surface area (Å²) in [6, 6.07) is -0.945. The van der Waals surface area contributed by atoms with E-state index in [1.54, 1.807) is 6.08 Å². The molecule has 12 N–H and O–H groups in total. The monoisotopic (exact) mass is 1280 g/mol. The summed E-state index contributed by atoms with van der Waals surface area (Å²) in [7, 11) is 0. The van der Waals surface area contributed by atoms with E-state index >= 15 is 0 Å². The number of carbonyl (C=O) groups excluding carboxylic acids is 1. The van der Waals surface area contributed by atoms with E-state index in [9.17, 15) is 61.0 Å². The van der Waals surface area contributed by atoms with E-state index in [0.29, 0.717) is 19.3 Å². The molecule has 3 aliphatic heterocycles. The van der Waals surface area contributed by atoms with Crippen LogP contribution in [0.3, 0.4) is 0 Å². The van der Waals surface area contributed by atoms with Crippen LogP contribution in [0.15, 0.2) is 60.8 Å². The van der Waals surface area contributed by atoms with Crippen LogP contribution in [0.4, 0.5) is 0 Å². The number of rotatable bonds is 54. The molecule has 0 aromatic carbocycles. The number of hydrogen-bond acceptors (Lipinski definition) is 18. The van der Waals surface area contributed by atoms with Crippen molar-refractivity contribution in [1.29, 1.82) is 0 Å². The van der Waals surface area contributed by atoms with Crippen molar-refractivity contribution in [3.63, 3.8) is 0 Å². The van der Waals surface area contributed by atoms with Gasteiger partial charge in [-0.25, -0.2) is 0 Å². The first-order valence-corrected chi connectivity index (χ1v) is 35.5. The fourth-order valence-electron chi connectivity index (χ4n) is 11.9. The van der Waals surface area contributed by atoms with Gasteiger partial charge in [-0.3, -0.25) is 4.79 Å². The number of aliphatic hydroxyl groups excluding tert-OH is 11. The van der Waals surface area contributed by atoms with E-state index in [1.165, 1.54) is 167 Å². The Morgan fingerprint density at radius 3 is 1.10 bits per heavy atom. The van der Waals surface area contributed by atoms with E-state index in [-0.39, 0.29) is 18.9 Å². The molecule has 19 heteroatoms. The first kappa shape index (κ1) is 81.7. The van der Waals surface area contributed by atoms with Gasteiger partial charge in [0.15, 0.2) is 18.9 Å². The fourth-order valence-corrected chi connectivity index (χ4v) is 11.9. The Kier molecular flexibility index (Phi) is 47.9. The van der Waals surface area contributed by atoms with Crippen molar-refractivity contribution in [3.05, 3.63) is 60.8 Å². The van der Waals surface area contributed by atoms with Gasteiger partial charge in [-0.15, -0.1) is 0 Å². The Bertz CT molecular complexity index is 1870. The maximum Gasteiger partial charge on any atom is 0.224 e. The molecule has 0 aliphatic carbocycles. The van der Waals surface area contributed by atoms with Crippen LogP contribution in [0.1, 0.15) is 251 Å². The lowest BCUT2D eigenvalue weighted by molar-refractivity contribution is -0.379. The van der Waals surface area contributed by atoms with Crippen molar-refractivity contribution in [2.24, 2.45) is 0 Å². The fraction of sp³-hybridized carbons (Fsp3) is 0.845. The molecular formula is C71H127NO18. The van der Waals surface area contributed by atoms with Crippen molar-refractivity contribution < 1.29 is 89.4 Å². The van der Waals surface area contributed by atoms with Crippen LogP contribution < -0.4 is 5.32 Å². The molecule has 90 heavy (non-hydrogen) atoms. The summed E-state index contributed by atoms with van der Waals surface area (Å²) in [6.07, 6.45) is 37.8. The molecular weight excluding hydrogens is 1150 g/mol. The third kappa shape index (κ3) is 34.2. The quantitative estimate of drug-likeness (QED) is 0.0199. The molecule has 524 valence electrons. The number of amides is 1. The highest BCUT2D eigenvalue weighted by Crippen LogP contribution is 2.33. The zero-order valence-electron chi connectivity index (χ0n) is 55.4. The molecule has 3 aliphatic rings. The van der Waals surface area contributed by atoms with Crippen LogP contribution >= 0.6 is 0 Å². The predicted octanol–water partition coefficient (Wildman–Crippen LogP) is 9.55. The highest BCUT2D eigenvalue weighted by Gasteiger charge is 2.53. The van der Waals surface area contributed by atoms with Gasteiger partial charge < -0.3 is 89.9 Å². The number of nitrogens with one attached hydrogen (secondary N) is 1. The number of hydrogen-bond donors (Lipinski definition) is 12. The van der Waals surface area contributed by atoms with Gasteiger partial charge in [-0.1, -0.05) is 267 Å². The lowest BCUT2D eigenvalue weighted by atomic mass is 9.96. The van der Waals surface area contributed by atoms with Crippen molar-refractivity contribution in [1.82, 2.24) is 5.32 Å². The maximum atomic E-state index is 13.3. The van der Waals surface area contributed by atoms with Gasteiger partial charge in [-0.2, -0.15) is 0 Å². The molecule has 3 saturated heterocycles. The van der Waals surface area contributed by atoms with Crippen LogP contribution in [0, 0.1) is 0 Å². The summed E-state index contributed by atoms with van der Waals surface area (Å²) < 4.78 is 34.3. The highest BCUT2D eigenvalue weighted by molar-refractivity contribution is 5.77. The van der Waals surface area contributed by atoms with Crippen LogP contribution in [0.5, 0.6) is 0 Å². The molecule has 3 fully saturated rings. The van der Waals surface area contributed by atoms with Gasteiger partial charge >= 0.3 is 0 Å². The van der Waals surface area contributed by atoms with Crippen molar-refractivity contribution in [3.8, 4) is 0 Å². The van der Waals surface area contributed by atoms with Gasteiger partial charge in [0.1, 0.15) is 73.2 Å². The number of carbonyl (C=O) groups is 1. The second-order valence-electron chi connectivity index (χ2n) is 25.3. The largest absolute Gasteiger partial charge is 0.394 e. The number of unbranched alkanes of at least 4 members (excludes halogenated alkanes) is 29. The molecule has 17 atom stereocenters. The first-order chi connectivity index (χ1) is 43.8. The third-order valence-electron chi connectivity index (χ3n) is 17.6. The zero-order chi connectivity index (χ0) is 65.4. The van der Waals surface area contributed by atoms with E-state index in [4.69, 9.17) is 28.4 Å². The van der Waals surface area contributed by atoms with Crippen LogP contribution in [-0.2, 0) is 33.2 Å². The van der Waals surface area contributed by atoms with Gasteiger partial charge in [0.25, 0.3) is 0 Å². The van der Waals surface area contributed by atoms with Crippen LogP contribution in [-0.4, -0.2) is 193 Å². The minimum Gasteiger partial charge on any atom is -0.394 e. The van der Waals surface area contributed by atoms with Crippen LogP contribution in [0.25, 0.3) is 0 Å². The molecule has 0 radical (unpaired) electrons. The molecule has 3 rings (SSSR count). The summed E-state index contributed by atoms with van der Waals surface area (Å²) >= 11 is 0. The first-order valence-electron chi connectivity index (χ1n) is 35.5. The molecule has 0 spiro atoms. The molecule has 1 amide bonds. The lowest BCUT2D eigenvalue weighted by Crippen LogP contribution is -2.66. The molecule has 0 bridgehead atoms. The smallest absolute Gasteiger partial charge is 0.224 e. The second kappa shape index (κ2) is 52.7. The average Bonchev–Trinajstić information content (AvgIpc) is 0.866. The number of allylic oxidation sites excluding steroid dienone is 9. The van der Waals surface area contributed by atoms with Gasteiger partial charge in [0.2, 0.25) is 5.91 Å². The molecule has 0 aromatic heterocycles. The molecule has 17 unspecified atom stereocenters. The summed E-state index contributed by atoms with van der Waals surface area (Å²) in [5, 5.41) is 121. The third-order valence-corrected chi connectivity index (χ3v) is 17.6. The predicted molar refractivity (Wildman–Crippen MR) is 351 cm³/mol. The maximum absolute atomic E-state index is 13.3. The van der Waals surface area contributed by atoms with Gasteiger partial charge in [0, 0.05) is 6.42 Å². The van der Waals surface area contributed by atoms with Gasteiger partial charge in [0.05, 0.1) is 38.6 Å². The Morgan fingerprint density at radius 1 is 0.400 bits per heavy atom. The normalized spacial score (nSPS) is 28.4. The average molecular weight is 1280 g/mol. The topological polar surface area (TPSA) is 307 Å². The SMILES string of the molecule is CC/C=C\C/C=C\C/C=C\C/C=C\C/C=C\CC(=O)NC(COC1OC(CO)C(OC2OC(CO)C(OC3OC(CO)C(O)C(O)C3O)C(O)C2O)C(O)C1O)C(O)CCCCCCCCCCCCCCCCCCCCCCCCCCCCCCCC. The van der Waals surface area contributed by atoms with Gasteiger partial charge in [-0.05, 0) is 38.5 Å². The Morgan fingerprint density at radius 2 is 0.722 bits per heavy atom. The lowest BCUT2D eigenvalue weighted by Gasteiger charge is -2.48. The molecule has 3 heterocycles. The minimum atomic E-state index is -1.98. The standard InChI is InChI=1S/C71H127NO18/c1-3-5-7-9-11-13-15-17-19-20-21-22-23-24-25-26-27-28-29-30-31-32-33-35-36-38-40-42-44-46-48-55(76)54(72-59(77)49-47-45-43-41-39-37-34-18-16-14-12-10-8-6-4-2)53-85-69-65(83)62(80)67(57(51-74)87-69)90-71-66(84)63(81)68(58(52-75)88-71)89-70-64(82)61(79)60(78)56(50-73)86-70/h6,8,12,14,18,34,39,41,45,47,54-58,60-71,73-76,78-84H,3-5,7,9-11,13,15-17,19-33,35-38,40,42-44,46,48-53H2,1-2H3,(H,72,77)/b8-6-,14-12-,34-18-,41-39-,47-45-. The molecule has 0 saturated carbocycles. The Hall–Kier alpha value is -2.51. The van der Waals surface area contributed by atoms with Crippen molar-refractivity contribution >= 4 is 5.91 Å². The minimum absolute atomic E-state index is 0.0325. The highest BCUT2D eigenvalue weighted by atomic mass is 16.8. The number of aliphatic hydroxyl groups is 11. The summed E-state index contributed by atoms with van der Waals surface area (Å²) in [5.74, 6) is -0.369. The second-order valence-corrected chi connectivity index (χ2v) is 25.3. The Balaban J connectivity index is 1.40. The zero-order valence-corrected chi connectivity index (χ0v) is 55.4. The summed E-state index contributed by atoms with van der Waals surface area (Å²) in [4.78, 5) is 13.3. The van der Waals surface area contributed by atoms with Crippen molar-refractivity contribution in [2.75, 3.05) is 26.4 Å². The summed E-state index contributed by atoms with van der Waals surface area (Å²) in [5.41, 5.74) is 0. The van der Waals surface area contributed by atoms with E-state index in [0.717, 1.165) is 44.9 Å². The van der Waals surface area contributed by atoms with Crippen molar-refractivity contribution in [2.45, 2.75) is 356 Å².